The number of fused-ring (bicyclic) bond motifs is 1. The number of aliphatic hydroxyl groups is 1. The number of ether oxygens (including phenoxy) is 1. The predicted octanol–water partition coefficient (Wildman–Crippen LogP) is 1.40. The summed E-state index contributed by atoms with van der Waals surface area (Å²) in [6, 6.07) is 6.72. The van der Waals surface area contributed by atoms with Gasteiger partial charge in [-0.2, -0.15) is 0 Å². The van der Waals surface area contributed by atoms with Gasteiger partial charge in [0.2, 0.25) is 0 Å². The average molecular weight is 276 g/mol. The fourth-order valence-electron chi connectivity index (χ4n) is 3.55. The molecule has 3 rings (SSSR count). The number of aliphatic hydroxyl groups excluding tert-OH is 1. The van der Waals surface area contributed by atoms with Gasteiger partial charge in [-0.1, -0.05) is 6.07 Å². The van der Waals surface area contributed by atoms with Gasteiger partial charge in [-0.25, -0.2) is 0 Å². The van der Waals surface area contributed by atoms with Gasteiger partial charge < -0.3 is 9.84 Å². The molecule has 1 aliphatic heterocycles. The minimum Gasteiger partial charge on any atom is -0.396 e. The number of nitrogens with zero attached hydrogens (tertiary/aromatic N) is 2. The Hall–Kier alpha value is -0.970. The van der Waals surface area contributed by atoms with Crippen molar-refractivity contribution in [1.82, 2.24) is 9.88 Å². The molecule has 20 heavy (non-hydrogen) atoms. The number of rotatable bonds is 4. The molecule has 4 heteroatoms. The molecule has 1 aliphatic carbocycles. The highest BCUT2D eigenvalue weighted by Gasteiger charge is 2.40. The maximum absolute atomic E-state index is 9.35. The zero-order valence-corrected chi connectivity index (χ0v) is 12.2. The van der Waals surface area contributed by atoms with E-state index in [1.807, 2.05) is 13.0 Å². The molecular formula is C16H24N2O2. The van der Waals surface area contributed by atoms with Crippen molar-refractivity contribution in [3.63, 3.8) is 0 Å². The monoisotopic (exact) mass is 276 g/mol. The minimum atomic E-state index is 0.295. The average Bonchev–Trinajstić information content (AvgIpc) is 2.89. The highest BCUT2D eigenvalue weighted by atomic mass is 16.5. The number of aromatic nitrogens is 1. The molecule has 2 fully saturated rings. The summed E-state index contributed by atoms with van der Waals surface area (Å²) in [7, 11) is 0. The van der Waals surface area contributed by atoms with Crippen LogP contribution < -0.4 is 0 Å². The van der Waals surface area contributed by atoms with Gasteiger partial charge in [0.05, 0.1) is 12.7 Å². The molecule has 1 aromatic rings. The Morgan fingerprint density at radius 3 is 3.10 bits per heavy atom. The third-order valence-electron chi connectivity index (χ3n) is 4.61. The van der Waals surface area contributed by atoms with E-state index >= 15 is 0 Å². The van der Waals surface area contributed by atoms with Gasteiger partial charge >= 0.3 is 0 Å². The first-order valence-corrected chi connectivity index (χ1v) is 7.65. The Labute approximate surface area is 120 Å². The van der Waals surface area contributed by atoms with Crippen LogP contribution in [-0.2, 0) is 11.2 Å². The molecule has 2 aliphatic rings. The zero-order valence-electron chi connectivity index (χ0n) is 12.2. The van der Waals surface area contributed by atoms with Crippen LogP contribution in [0.4, 0.5) is 0 Å². The van der Waals surface area contributed by atoms with E-state index < -0.39 is 0 Å². The third kappa shape index (κ3) is 3.03. The van der Waals surface area contributed by atoms with Gasteiger partial charge in [0.25, 0.3) is 0 Å². The van der Waals surface area contributed by atoms with E-state index in [-0.39, 0.29) is 0 Å². The quantitative estimate of drug-likeness (QED) is 0.903. The van der Waals surface area contributed by atoms with E-state index in [0.29, 0.717) is 24.7 Å². The molecule has 3 atom stereocenters. The van der Waals surface area contributed by atoms with Crippen LogP contribution in [0.25, 0.3) is 0 Å². The van der Waals surface area contributed by atoms with E-state index in [1.54, 1.807) is 0 Å². The summed E-state index contributed by atoms with van der Waals surface area (Å²) in [5.74, 6) is 0.419. The predicted molar refractivity (Wildman–Crippen MR) is 77.6 cm³/mol. The first-order chi connectivity index (χ1) is 9.76. The van der Waals surface area contributed by atoms with Gasteiger partial charge in [0, 0.05) is 43.5 Å². The van der Waals surface area contributed by atoms with Crippen LogP contribution in [0.15, 0.2) is 18.2 Å². The van der Waals surface area contributed by atoms with Crippen LogP contribution in [0.5, 0.6) is 0 Å². The molecule has 1 unspecified atom stereocenters. The van der Waals surface area contributed by atoms with Gasteiger partial charge in [0.15, 0.2) is 0 Å². The van der Waals surface area contributed by atoms with E-state index in [4.69, 9.17) is 4.74 Å². The van der Waals surface area contributed by atoms with Crippen LogP contribution in [-0.4, -0.2) is 53.4 Å². The summed E-state index contributed by atoms with van der Waals surface area (Å²) in [6.45, 7) is 5.20. The molecule has 4 nitrogen and oxygen atoms in total. The molecule has 0 amide bonds. The fourth-order valence-corrected chi connectivity index (χ4v) is 3.55. The topological polar surface area (TPSA) is 45.6 Å². The summed E-state index contributed by atoms with van der Waals surface area (Å²) < 4.78 is 5.87. The van der Waals surface area contributed by atoms with Gasteiger partial charge in [-0.15, -0.1) is 0 Å². The van der Waals surface area contributed by atoms with Crippen molar-refractivity contribution >= 4 is 0 Å². The molecule has 0 bridgehead atoms. The highest BCUT2D eigenvalue weighted by Crippen LogP contribution is 2.33. The van der Waals surface area contributed by atoms with Gasteiger partial charge in [-0.05, 0) is 37.8 Å². The van der Waals surface area contributed by atoms with E-state index in [9.17, 15) is 5.11 Å². The van der Waals surface area contributed by atoms with Crippen molar-refractivity contribution in [2.45, 2.75) is 38.3 Å². The first kappa shape index (κ1) is 14.0. The number of morpholine rings is 1. The second-order valence-electron chi connectivity index (χ2n) is 6.05. The van der Waals surface area contributed by atoms with Crippen LogP contribution in [0.1, 0.15) is 24.2 Å². The number of pyridine rings is 1. The molecule has 1 N–H and O–H groups in total. The number of aryl methyl sites for hydroxylation is 1. The summed E-state index contributed by atoms with van der Waals surface area (Å²) in [5.41, 5.74) is 2.26. The largest absolute Gasteiger partial charge is 0.396 e. The maximum atomic E-state index is 9.35. The lowest BCUT2D eigenvalue weighted by atomic mass is 10.1. The summed E-state index contributed by atoms with van der Waals surface area (Å²) in [4.78, 5) is 7.11. The Balaban J connectivity index is 1.59. The van der Waals surface area contributed by atoms with Crippen molar-refractivity contribution < 1.29 is 9.84 Å². The SMILES string of the molecule is Cc1cccc(CCN2CCOC3C[C@H](CO)C[C@@H]32)n1. The highest BCUT2D eigenvalue weighted by molar-refractivity contribution is 5.10. The Morgan fingerprint density at radius 2 is 2.30 bits per heavy atom. The van der Waals surface area contributed by atoms with Crippen LogP contribution in [0, 0.1) is 12.8 Å². The van der Waals surface area contributed by atoms with Gasteiger partial charge in [0.1, 0.15) is 0 Å². The second kappa shape index (κ2) is 6.20. The molecular weight excluding hydrogens is 252 g/mol. The minimum absolute atomic E-state index is 0.295. The lowest BCUT2D eigenvalue weighted by molar-refractivity contribution is -0.0553. The fraction of sp³-hybridized carbons (Fsp3) is 0.688. The molecule has 0 radical (unpaired) electrons. The number of hydrogen-bond donors (Lipinski definition) is 1. The van der Waals surface area contributed by atoms with Crippen molar-refractivity contribution in [3.05, 3.63) is 29.6 Å². The summed E-state index contributed by atoms with van der Waals surface area (Å²) >= 11 is 0. The van der Waals surface area contributed by atoms with Crippen molar-refractivity contribution in [1.29, 1.82) is 0 Å². The summed E-state index contributed by atoms with van der Waals surface area (Å²) in [5, 5.41) is 9.35. The second-order valence-corrected chi connectivity index (χ2v) is 6.05. The lowest BCUT2D eigenvalue weighted by Crippen LogP contribution is -2.49. The first-order valence-electron chi connectivity index (χ1n) is 7.65. The molecule has 1 saturated carbocycles. The molecule has 0 spiro atoms. The zero-order chi connectivity index (χ0) is 13.9. The van der Waals surface area contributed by atoms with Crippen molar-refractivity contribution in [2.24, 2.45) is 5.92 Å². The Bertz CT molecular complexity index is 452. The van der Waals surface area contributed by atoms with Crippen molar-refractivity contribution in [3.8, 4) is 0 Å². The Morgan fingerprint density at radius 1 is 1.40 bits per heavy atom. The van der Waals surface area contributed by atoms with E-state index in [1.165, 1.54) is 5.69 Å². The van der Waals surface area contributed by atoms with Crippen LogP contribution in [0.2, 0.25) is 0 Å². The Kier molecular flexibility index (Phi) is 4.34. The maximum Gasteiger partial charge on any atom is 0.0734 e. The van der Waals surface area contributed by atoms with Crippen molar-refractivity contribution in [2.75, 3.05) is 26.3 Å². The molecule has 1 saturated heterocycles. The molecule has 0 aromatic carbocycles. The number of hydrogen-bond acceptors (Lipinski definition) is 4. The molecule has 1 aromatic heterocycles. The normalized spacial score (nSPS) is 30.4. The smallest absolute Gasteiger partial charge is 0.0734 e. The van der Waals surface area contributed by atoms with E-state index in [2.05, 4.69) is 22.0 Å². The lowest BCUT2D eigenvalue weighted by Gasteiger charge is -2.37. The van der Waals surface area contributed by atoms with Gasteiger partial charge in [-0.3, -0.25) is 9.88 Å². The van der Waals surface area contributed by atoms with Crippen LogP contribution >= 0.6 is 0 Å². The van der Waals surface area contributed by atoms with E-state index in [0.717, 1.165) is 44.7 Å². The molecule has 110 valence electrons. The van der Waals surface area contributed by atoms with Crippen LogP contribution in [0.3, 0.4) is 0 Å². The molecule has 2 heterocycles. The third-order valence-corrected chi connectivity index (χ3v) is 4.61. The summed E-state index contributed by atoms with van der Waals surface area (Å²) in [6.07, 6.45) is 3.41. The standard InChI is InChI=1S/C16H24N2O2/c1-12-3-2-4-14(17-12)5-6-18-7-8-20-16-10-13(11-19)9-15(16)18/h2-4,13,15-16,19H,5-11H2,1H3/t13-,15+,16?/m1/s1.